The van der Waals surface area contributed by atoms with Crippen LogP contribution < -0.4 is 0 Å². The minimum atomic E-state index is -0.0803. The topological polar surface area (TPSA) is 29.5 Å². The Morgan fingerprint density at radius 3 is 2.09 bits per heavy atom. The maximum Gasteiger partial charge on any atom is 0.275 e. The van der Waals surface area contributed by atoms with Crippen molar-refractivity contribution in [2.75, 3.05) is 0 Å². The molecule has 0 atom stereocenters. The van der Waals surface area contributed by atoms with Gasteiger partial charge in [0.1, 0.15) is 0 Å². The molecule has 7 heteroatoms. The van der Waals surface area contributed by atoms with Crippen molar-refractivity contribution in [1.82, 2.24) is 0 Å². The molecule has 0 fully saturated rings. The van der Waals surface area contributed by atoms with E-state index in [0.717, 1.165) is 0 Å². The molecule has 0 heterocycles. The quantitative estimate of drug-likeness (QED) is 0.426. The molecule has 11 heavy (non-hydrogen) atoms. The van der Waals surface area contributed by atoms with E-state index < -0.39 is 0 Å². The third kappa shape index (κ3) is 2.64. The summed E-state index contributed by atoms with van der Waals surface area (Å²) >= 11 is 0. The van der Waals surface area contributed by atoms with Crippen molar-refractivity contribution in [1.29, 1.82) is 0 Å². The summed E-state index contributed by atoms with van der Waals surface area (Å²) in [5.74, 6) is 0. The molecule has 0 aromatic rings. The fourth-order valence-corrected chi connectivity index (χ4v) is 0.770. The molecule has 0 aromatic heterocycles. The number of hydrogen-bond acceptors (Lipinski definition) is 2. The van der Waals surface area contributed by atoms with E-state index in [9.17, 15) is 0 Å². The van der Waals surface area contributed by atoms with Crippen molar-refractivity contribution in [2.24, 2.45) is 0 Å². The Kier molecular flexibility index (Phi) is 3.85. The van der Waals surface area contributed by atoms with Gasteiger partial charge in [-0.2, -0.15) is 0 Å². The van der Waals surface area contributed by atoms with Gasteiger partial charge in [0.2, 0.25) is 15.5 Å². The van der Waals surface area contributed by atoms with Crippen LogP contribution in [-0.4, -0.2) is 43.7 Å². The molecule has 0 amide bonds. The van der Waals surface area contributed by atoms with E-state index in [2.05, 4.69) is 15.7 Å². The molecule has 0 rings (SSSR count). The first kappa shape index (κ1) is 11.2. The maximum absolute atomic E-state index is 9.10. The lowest BCUT2D eigenvalue weighted by Crippen LogP contribution is -2.37. The highest BCUT2D eigenvalue weighted by molar-refractivity contribution is 6.69. The third-order valence-corrected chi connectivity index (χ3v) is 2.73. The maximum atomic E-state index is 9.10. The Labute approximate surface area is 73.3 Å². The van der Waals surface area contributed by atoms with E-state index in [1.165, 1.54) is 0 Å². The highest BCUT2D eigenvalue weighted by Crippen LogP contribution is 2.43. The van der Waals surface area contributed by atoms with Gasteiger partial charge in [-0.1, -0.05) is 19.0 Å². The van der Waals surface area contributed by atoms with Gasteiger partial charge in [-0.3, -0.25) is 0 Å². The Balaban J connectivity index is 4.26. The van der Waals surface area contributed by atoms with Crippen molar-refractivity contribution in [3.8, 4) is 0 Å². The minimum Gasteiger partial charge on any atom is -0.507 e. The van der Waals surface area contributed by atoms with Crippen LogP contribution in [0, 0.1) is 0 Å². The summed E-state index contributed by atoms with van der Waals surface area (Å²) in [6.07, 6.45) is 0. The van der Waals surface area contributed by atoms with Crippen LogP contribution in [0.15, 0.2) is 0 Å². The highest BCUT2D eigenvalue weighted by Gasteiger charge is 2.37. The van der Waals surface area contributed by atoms with E-state index >= 15 is 0 Å². The van der Waals surface area contributed by atoms with Crippen LogP contribution in [0.5, 0.6) is 0 Å². The molecule has 2 nitrogen and oxygen atoms in total. The van der Waals surface area contributed by atoms with Gasteiger partial charge < -0.3 is 9.60 Å². The van der Waals surface area contributed by atoms with Crippen LogP contribution in [0.4, 0.5) is 0 Å². The average Bonchev–Trinajstić information content (AvgIpc) is 1.87. The lowest BCUT2D eigenvalue weighted by molar-refractivity contribution is 0.509. The van der Waals surface area contributed by atoms with Gasteiger partial charge in [-0.05, 0) is 5.31 Å². The van der Waals surface area contributed by atoms with Crippen molar-refractivity contribution < 1.29 is 9.60 Å². The van der Waals surface area contributed by atoms with Crippen LogP contribution in [-0.2, 0) is 4.57 Å². The van der Waals surface area contributed by atoms with E-state index in [1.54, 1.807) is 8.05 Å². The molecule has 0 bridgehead atoms. The molecule has 0 saturated carbocycles. The van der Waals surface area contributed by atoms with Gasteiger partial charge in [0.25, 0.3) is 7.48 Å². The molecular weight excluding hydrogens is 134 g/mol. The van der Waals surface area contributed by atoms with Crippen LogP contribution >= 0.6 is 0 Å². The van der Waals surface area contributed by atoms with Gasteiger partial charge in [-0.25, -0.2) is 0 Å². The summed E-state index contributed by atoms with van der Waals surface area (Å²) in [5.41, 5.74) is 0. The van der Waals surface area contributed by atoms with Gasteiger partial charge in [-0.15, -0.1) is 0 Å². The third-order valence-electron chi connectivity index (χ3n) is 2.73. The van der Waals surface area contributed by atoms with Crippen molar-refractivity contribution in [3.63, 3.8) is 0 Å². The molecular formula is C4H15B5O2. The van der Waals surface area contributed by atoms with Crippen LogP contribution in [0.1, 0.15) is 13.8 Å². The Hall–Kier alpha value is 0.245. The largest absolute Gasteiger partial charge is 0.507 e. The zero-order valence-electron chi connectivity index (χ0n) is 8.27. The average molecular weight is 149 g/mol. The molecule has 0 unspecified atom stereocenters. The van der Waals surface area contributed by atoms with E-state index in [-0.39, 0.29) is 17.9 Å². The van der Waals surface area contributed by atoms with Crippen LogP contribution in [0.25, 0.3) is 0 Å². The highest BCUT2D eigenvalue weighted by atomic mass is 16.4. The van der Waals surface area contributed by atoms with E-state index in [0.29, 0.717) is 7.48 Å². The molecule has 0 saturated heterocycles. The van der Waals surface area contributed by atoms with Crippen molar-refractivity contribution >= 4 is 38.7 Å². The van der Waals surface area contributed by atoms with Gasteiger partial charge in [0, 0.05) is 0 Å². The van der Waals surface area contributed by atoms with Crippen LogP contribution in [0.2, 0.25) is 10.4 Å². The van der Waals surface area contributed by atoms with Crippen LogP contribution in [0.3, 0.4) is 0 Å². The summed E-state index contributed by atoms with van der Waals surface area (Å²) in [6.45, 7) is 4.10. The van der Waals surface area contributed by atoms with Gasteiger partial charge in [0.15, 0.2) is 0 Å². The van der Waals surface area contributed by atoms with E-state index in [1.807, 2.05) is 13.8 Å². The Morgan fingerprint density at radius 1 is 1.36 bits per heavy atom. The second kappa shape index (κ2) is 3.77. The fraction of sp³-hybridized carbons (Fsp3) is 1.00. The minimum absolute atomic E-state index is 0.0243. The summed E-state index contributed by atoms with van der Waals surface area (Å²) in [5, 5.41) is 9.04. The van der Waals surface area contributed by atoms with Crippen molar-refractivity contribution in [3.05, 3.63) is 0 Å². The lowest BCUT2D eigenvalue weighted by Gasteiger charge is -2.38. The summed E-state index contributed by atoms with van der Waals surface area (Å²) < 4.78 is 5.08. The zero-order valence-corrected chi connectivity index (χ0v) is 8.27. The fourth-order valence-electron chi connectivity index (χ4n) is 0.770. The summed E-state index contributed by atoms with van der Waals surface area (Å²) in [6, 6.07) is 0. The molecule has 58 valence electrons. The molecule has 0 aliphatic rings. The first-order valence-corrected chi connectivity index (χ1v) is 3.97. The monoisotopic (exact) mass is 150 g/mol. The molecule has 0 spiro atoms. The number of hydrogen-bond donors (Lipinski definition) is 1. The smallest absolute Gasteiger partial charge is 0.275 e. The van der Waals surface area contributed by atoms with Gasteiger partial charge in [0.05, 0.1) is 15.7 Å². The normalized spacial score (nSPS) is 12.6. The molecule has 0 radical (unpaired) electrons. The van der Waals surface area contributed by atoms with E-state index in [4.69, 9.17) is 9.60 Å². The zero-order chi connectivity index (χ0) is 9.12. The number of rotatable bonds is 4. The molecule has 0 aliphatic heterocycles. The Bertz CT molecular complexity index is 126. The predicted octanol–water partition coefficient (Wildman–Crippen LogP) is -3.22. The van der Waals surface area contributed by atoms with Gasteiger partial charge >= 0.3 is 0 Å². The lowest BCUT2D eigenvalue weighted by atomic mass is 9.26. The second-order valence-corrected chi connectivity index (χ2v) is 4.36. The summed E-state index contributed by atoms with van der Waals surface area (Å²) in [7, 11) is 6.78. The standard InChI is InChI=1S/C4H15B5O2/c1-3(2,8-10)4(5,6)9-11-7/h8-10H,5-7H2,1-2H3. The molecule has 1 N–H and O–H groups in total. The predicted molar refractivity (Wildman–Crippen MR) is 60.0 cm³/mol. The second-order valence-electron chi connectivity index (χ2n) is 4.36. The first-order valence-electron chi connectivity index (χ1n) is 3.97. The van der Waals surface area contributed by atoms with Crippen molar-refractivity contribution in [2.45, 2.75) is 24.3 Å². The SMILES string of the molecule is BOBC(B)(B)C(C)(C)BO. The first-order chi connectivity index (χ1) is 4.87. The summed E-state index contributed by atoms with van der Waals surface area (Å²) in [4.78, 5) is 0. The Morgan fingerprint density at radius 2 is 1.82 bits per heavy atom. The molecule has 0 aromatic carbocycles. The molecule has 0 aliphatic carbocycles.